The van der Waals surface area contributed by atoms with Gasteiger partial charge in [-0.1, -0.05) is 0 Å². The largest absolute Gasteiger partial charge is 0.481 e. The SMILES string of the molecule is CCN(CC)C(=O)CN1CCC(C(=O)O)C1. The summed E-state index contributed by atoms with van der Waals surface area (Å²) in [5.41, 5.74) is 0. The van der Waals surface area contributed by atoms with Gasteiger partial charge in [0.2, 0.25) is 5.91 Å². The van der Waals surface area contributed by atoms with Crippen molar-refractivity contribution in [1.29, 1.82) is 0 Å². The van der Waals surface area contributed by atoms with Crippen LogP contribution < -0.4 is 0 Å². The zero-order valence-corrected chi connectivity index (χ0v) is 9.98. The molecule has 0 bridgehead atoms. The number of carbonyl (C=O) groups excluding carboxylic acids is 1. The summed E-state index contributed by atoms with van der Waals surface area (Å²) >= 11 is 0. The highest BCUT2D eigenvalue weighted by Gasteiger charge is 2.29. The average Bonchev–Trinajstić information content (AvgIpc) is 2.68. The summed E-state index contributed by atoms with van der Waals surface area (Å²) in [4.78, 5) is 26.2. The Hall–Kier alpha value is -1.10. The number of hydrogen-bond acceptors (Lipinski definition) is 3. The monoisotopic (exact) mass is 228 g/mol. The highest BCUT2D eigenvalue weighted by Crippen LogP contribution is 2.15. The van der Waals surface area contributed by atoms with Crippen molar-refractivity contribution in [3.05, 3.63) is 0 Å². The number of carboxylic acid groups (broad SMARTS) is 1. The Morgan fingerprint density at radius 2 is 2.00 bits per heavy atom. The van der Waals surface area contributed by atoms with Crippen molar-refractivity contribution in [2.24, 2.45) is 5.92 Å². The minimum absolute atomic E-state index is 0.0936. The fraction of sp³-hybridized carbons (Fsp3) is 0.818. The molecule has 1 atom stereocenters. The number of likely N-dealkylation sites (tertiary alicyclic amines) is 1. The first kappa shape index (κ1) is 13.0. The first-order valence-corrected chi connectivity index (χ1v) is 5.81. The molecule has 0 aromatic rings. The fourth-order valence-electron chi connectivity index (χ4n) is 2.05. The third-order valence-electron chi connectivity index (χ3n) is 3.10. The van der Waals surface area contributed by atoms with E-state index in [0.717, 1.165) is 0 Å². The Kier molecular flexibility index (Phi) is 4.73. The van der Waals surface area contributed by atoms with Gasteiger partial charge in [0.05, 0.1) is 12.5 Å². The molecule has 16 heavy (non-hydrogen) atoms. The van der Waals surface area contributed by atoms with Gasteiger partial charge in [-0.15, -0.1) is 0 Å². The van der Waals surface area contributed by atoms with Gasteiger partial charge in [-0.05, 0) is 26.8 Å². The van der Waals surface area contributed by atoms with E-state index in [9.17, 15) is 9.59 Å². The van der Waals surface area contributed by atoms with Gasteiger partial charge >= 0.3 is 5.97 Å². The van der Waals surface area contributed by atoms with Crippen LogP contribution >= 0.6 is 0 Å². The lowest BCUT2D eigenvalue weighted by Crippen LogP contribution is -2.39. The average molecular weight is 228 g/mol. The topological polar surface area (TPSA) is 60.9 Å². The summed E-state index contributed by atoms with van der Waals surface area (Å²) in [5, 5.41) is 8.84. The predicted molar refractivity (Wildman–Crippen MR) is 60.1 cm³/mol. The molecule has 0 spiro atoms. The molecular formula is C11H20N2O3. The molecule has 1 rings (SSSR count). The molecule has 1 saturated heterocycles. The molecule has 1 aliphatic heterocycles. The zero-order chi connectivity index (χ0) is 12.1. The molecular weight excluding hydrogens is 208 g/mol. The first-order valence-electron chi connectivity index (χ1n) is 5.81. The standard InChI is InChI=1S/C11H20N2O3/c1-3-13(4-2)10(14)8-12-6-5-9(7-12)11(15)16/h9H,3-8H2,1-2H3,(H,15,16). The van der Waals surface area contributed by atoms with Crippen molar-refractivity contribution < 1.29 is 14.7 Å². The lowest BCUT2D eigenvalue weighted by atomic mass is 10.1. The second-order valence-electron chi connectivity index (χ2n) is 4.12. The molecule has 0 aromatic heterocycles. The third-order valence-corrected chi connectivity index (χ3v) is 3.10. The molecule has 1 amide bonds. The zero-order valence-electron chi connectivity index (χ0n) is 9.98. The quantitative estimate of drug-likeness (QED) is 0.733. The van der Waals surface area contributed by atoms with Crippen molar-refractivity contribution in [2.75, 3.05) is 32.7 Å². The molecule has 5 nitrogen and oxygen atoms in total. The second kappa shape index (κ2) is 5.84. The van der Waals surface area contributed by atoms with E-state index in [0.29, 0.717) is 39.1 Å². The Labute approximate surface area is 96.0 Å². The highest BCUT2D eigenvalue weighted by atomic mass is 16.4. The van der Waals surface area contributed by atoms with Crippen LogP contribution in [0.4, 0.5) is 0 Å². The molecule has 0 saturated carbocycles. The molecule has 1 N–H and O–H groups in total. The predicted octanol–water partition coefficient (Wildman–Crippen LogP) is 0.261. The second-order valence-corrected chi connectivity index (χ2v) is 4.12. The van der Waals surface area contributed by atoms with Crippen molar-refractivity contribution in [2.45, 2.75) is 20.3 Å². The van der Waals surface area contributed by atoms with Crippen molar-refractivity contribution in [3.8, 4) is 0 Å². The van der Waals surface area contributed by atoms with Crippen molar-refractivity contribution in [3.63, 3.8) is 0 Å². The molecule has 1 unspecified atom stereocenters. The van der Waals surface area contributed by atoms with Crippen LogP contribution in [0.5, 0.6) is 0 Å². The molecule has 0 aliphatic carbocycles. The molecule has 1 heterocycles. The van der Waals surface area contributed by atoms with Gasteiger partial charge in [-0.2, -0.15) is 0 Å². The Bertz CT molecular complexity index is 264. The normalized spacial score (nSPS) is 21.0. The number of amides is 1. The van der Waals surface area contributed by atoms with Crippen molar-refractivity contribution in [1.82, 2.24) is 9.80 Å². The van der Waals surface area contributed by atoms with Crippen LogP contribution in [0.2, 0.25) is 0 Å². The van der Waals surface area contributed by atoms with Gasteiger partial charge in [0.25, 0.3) is 0 Å². The maximum Gasteiger partial charge on any atom is 0.307 e. The third kappa shape index (κ3) is 3.20. The van der Waals surface area contributed by atoms with E-state index in [1.165, 1.54) is 0 Å². The van der Waals surface area contributed by atoms with E-state index in [4.69, 9.17) is 5.11 Å². The maximum atomic E-state index is 11.8. The van der Waals surface area contributed by atoms with Crippen LogP contribution in [0.3, 0.4) is 0 Å². The number of carbonyl (C=O) groups is 2. The fourth-order valence-corrected chi connectivity index (χ4v) is 2.05. The number of rotatable bonds is 5. The number of hydrogen-bond donors (Lipinski definition) is 1. The van der Waals surface area contributed by atoms with E-state index in [1.807, 2.05) is 18.7 Å². The van der Waals surface area contributed by atoms with Gasteiger partial charge in [0, 0.05) is 19.6 Å². The molecule has 1 fully saturated rings. The van der Waals surface area contributed by atoms with E-state index in [2.05, 4.69) is 0 Å². The smallest absolute Gasteiger partial charge is 0.307 e. The van der Waals surface area contributed by atoms with E-state index in [1.54, 1.807) is 4.90 Å². The van der Waals surface area contributed by atoms with E-state index in [-0.39, 0.29) is 11.8 Å². The van der Waals surface area contributed by atoms with Crippen LogP contribution in [0.15, 0.2) is 0 Å². The lowest BCUT2D eigenvalue weighted by Gasteiger charge is -2.22. The lowest BCUT2D eigenvalue weighted by molar-refractivity contribution is -0.141. The molecule has 5 heteroatoms. The minimum atomic E-state index is -0.752. The number of likely N-dealkylation sites (N-methyl/N-ethyl adjacent to an activating group) is 1. The van der Waals surface area contributed by atoms with Gasteiger partial charge in [-0.25, -0.2) is 0 Å². The van der Waals surface area contributed by atoms with Gasteiger partial charge < -0.3 is 10.0 Å². The van der Waals surface area contributed by atoms with Crippen LogP contribution in [0, 0.1) is 5.92 Å². The Balaban J connectivity index is 2.39. The molecule has 0 aromatic carbocycles. The minimum Gasteiger partial charge on any atom is -0.481 e. The van der Waals surface area contributed by atoms with Gasteiger partial charge in [0.15, 0.2) is 0 Å². The summed E-state index contributed by atoms with van der Waals surface area (Å²) in [6.45, 7) is 6.89. The summed E-state index contributed by atoms with van der Waals surface area (Å²) in [5.74, 6) is -0.960. The maximum absolute atomic E-state index is 11.8. The molecule has 92 valence electrons. The van der Waals surface area contributed by atoms with E-state index >= 15 is 0 Å². The summed E-state index contributed by atoms with van der Waals surface area (Å²) < 4.78 is 0. The summed E-state index contributed by atoms with van der Waals surface area (Å²) in [7, 11) is 0. The number of aliphatic carboxylic acids is 1. The first-order chi connectivity index (χ1) is 7.58. The van der Waals surface area contributed by atoms with Crippen molar-refractivity contribution >= 4 is 11.9 Å². The highest BCUT2D eigenvalue weighted by molar-refractivity contribution is 5.78. The van der Waals surface area contributed by atoms with E-state index < -0.39 is 5.97 Å². The van der Waals surface area contributed by atoms with Gasteiger partial charge in [-0.3, -0.25) is 14.5 Å². The van der Waals surface area contributed by atoms with Gasteiger partial charge in [0.1, 0.15) is 0 Å². The Morgan fingerprint density at radius 3 is 2.44 bits per heavy atom. The number of nitrogens with zero attached hydrogens (tertiary/aromatic N) is 2. The van der Waals surface area contributed by atoms with Crippen LogP contribution in [-0.4, -0.2) is 59.5 Å². The Morgan fingerprint density at radius 1 is 1.38 bits per heavy atom. The summed E-state index contributed by atoms with van der Waals surface area (Å²) in [6, 6.07) is 0. The van der Waals surface area contributed by atoms with Crippen LogP contribution in [0.1, 0.15) is 20.3 Å². The molecule has 1 aliphatic rings. The van der Waals surface area contributed by atoms with Crippen LogP contribution in [0.25, 0.3) is 0 Å². The summed E-state index contributed by atoms with van der Waals surface area (Å²) in [6.07, 6.45) is 0.654. The van der Waals surface area contributed by atoms with Crippen LogP contribution in [-0.2, 0) is 9.59 Å². The molecule has 0 radical (unpaired) electrons. The number of carboxylic acids is 1.